The van der Waals surface area contributed by atoms with Crippen LogP contribution >= 0.6 is 15.9 Å². The van der Waals surface area contributed by atoms with Crippen molar-refractivity contribution in [2.24, 2.45) is 0 Å². The lowest BCUT2D eigenvalue weighted by atomic mass is 9.82. The minimum atomic E-state index is -1.15. The average molecular weight is 431 g/mol. The fraction of sp³-hybridized carbons (Fsp3) is 0.200. The number of carboxylic acid groups (broad SMARTS) is 1. The Bertz CT molecular complexity index is 968. The van der Waals surface area contributed by atoms with Gasteiger partial charge in [-0.05, 0) is 43.7 Å². The molecule has 3 rings (SSSR count). The number of nitrogens with zero attached hydrogens (tertiary/aromatic N) is 1. The van der Waals surface area contributed by atoms with Gasteiger partial charge in [0.05, 0.1) is 23.9 Å². The van der Waals surface area contributed by atoms with E-state index in [9.17, 15) is 9.90 Å². The van der Waals surface area contributed by atoms with Crippen LogP contribution in [-0.2, 0) is 5.54 Å². The first-order valence-corrected chi connectivity index (χ1v) is 9.03. The number of nitrogens with one attached hydrogen (secondary N) is 1. The van der Waals surface area contributed by atoms with Gasteiger partial charge < -0.3 is 19.7 Å². The molecule has 0 aliphatic carbocycles. The van der Waals surface area contributed by atoms with Crippen LogP contribution in [0.4, 0.5) is 4.79 Å². The molecular weight excluding hydrogens is 412 g/mol. The summed E-state index contributed by atoms with van der Waals surface area (Å²) >= 11 is 3.42. The Labute approximate surface area is 165 Å². The van der Waals surface area contributed by atoms with Crippen molar-refractivity contribution in [3.05, 3.63) is 69.8 Å². The van der Waals surface area contributed by atoms with Crippen molar-refractivity contribution in [1.29, 1.82) is 0 Å². The van der Waals surface area contributed by atoms with Gasteiger partial charge in [-0.1, -0.05) is 45.4 Å². The summed E-state index contributed by atoms with van der Waals surface area (Å²) in [7, 11) is 1.57. The highest BCUT2D eigenvalue weighted by molar-refractivity contribution is 9.10. The smallest absolute Gasteiger partial charge is 0.405 e. The highest BCUT2D eigenvalue weighted by atomic mass is 79.9. The second-order valence-electron chi connectivity index (χ2n) is 6.27. The SMILES string of the molecule is COc1cccc(C(C)(NC(=O)O)c2c(C)noc2-c2ccc(Br)cc2)c1. The molecule has 0 saturated carbocycles. The number of benzene rings is 2. The van der Waals surface area contributed by atoms with Gasteiger partial charge in [0, 0.05) is 10.0 Å². The highest BCUT2D eigenvalue weighted by Crippen LogP contribution is 2.39. The van der Waals surface area contributed by atoms with Crippen molar-refractivity contribution in [3.63, 3.8) is 0 Å². The van der Waals surface area contributed by atoms with Gasteiger partial charge in [0.2, 0.25) is 0 Å². The summed E-state index contributed by atoms with van der Waals surface area (Å²) in [6.07, 6.45) is -1.15. The standard InChI is InChI=1S/C20H19BrN2O4/c1-12-17(18(27-23-12)13-7-9-15(21)10-8-13)20(2,22-19(24)25)14-5-4-6-16(11-14)26-3/h4-11,22H,1-3H3,(H,24,25). The Hall–Kier alpha value is -2.80. The zero-order chi connectivity index (χ0) is 19.6. The molecule has 3 aromatic rings. The van der Waals surface area contributed by atoms with Crippen LogP contribution in [0.25, 0.3) is 11.3 Å². The Morgan fingerprint density at radius 1 is 1.26 bits per heavy atom. The summed E-state index contributed by atoms with van der Waals surface area (Å²) < 4.78 is 11.8. The third-order valence-electron chi connectivity index (χ3n) is 4.47. The molecule has 0 fully saturated rings. The maximum Gasteiger partial charge on any atom is 0.405 e. The van der Waals surface area contributed by atoms with Crippen LogP contribution in [0.15, 0.2) is 57.5 Å². The summed E-state index contributed by atoms with van der Waals surface area (Å²) in [5, 5.41) is 16.3. The molecule has 27 heavy (non-hydrogen) atoms. The van der Waals surface area contributed by atoms with Gasteiger partial charge >= 0.3 is 6.09 Å². The number of aryl methyl sites for hydroxylation is 1. The minimum Gasteiger partial charge on any atom is -0.497 e. The normalized spacial score (nSPS) is 13.0. The molecule has 140 valence electrons. The second kappa shape index (κ2) is 7.44. The number of aromatic nitrogens is 1. The van der Waals surface area contributed by atoms with Crippen LogP contribution in [-0.4, -0.2) is 23.5 Å². The first-order chi connectivity index (χ1) is 12.8. The number of rotatable bonds is 5. The molecule has 0 radical (unpaired) electrons. The zero-order valence-corrected chi connectivity index (χ0v) is 16.7. The average Bonchev–Trinajstić information content (AvgIpc) is 3.04. The van der Waals surface area contributed by atoms with Gasteiger partial charge in [-0.2, -0.15) is 0 Å². The quantitative estimate of drug-likeness (QED) is 0.597. The molecule has 2 aromatic carbocycles. The third kappa shape index (κ3) is 3.68. The minimum absolute atomic E-state index is 0.513. The van der Waals surface area contributed by atoms with Crippen LogP contribution < -0.4 is 10.1 Å². The van der Waals surface area contributed by atoms with Crippen LogP contribution in [0.3, 0.4) is 0 Å². The molecule has 1 heterocycles. The molecule has 6 nitrogen and oxygen atoms in total. The summed E-state index contributed by atoms with van der Waals surface area (Å²) in [6, 6.07) is 14.8. The summed E-state index contributed by atoms with van der Waals surface area (Å²) in [6.45, 7) is 3.58. The van der Waals surface area contributed by atoms with Crippen molar-refractivity contribution in [2.75, 3.05) is 7.11 Å². The molecule has 0 bridgehead atoms. The number of methoxy groups -OCH3 is 1. The largest absolute Gasteiger partial charge is 0.497 e. The predicted molar refractivity (Wildman–Crippen MR) is 105 cm³/mol. The summed E-state index contributed by atoms with van der Waals surface area (Å²) in [5.41, 5.74) is 1.68. The molecule has 0 aliphatic heterocycles. The molecule has 1 unspecified atom stereocenters. The topological polar surface area (TPSA) is 84.6 Å². The van der Waals surface area contributed by atoms with E-state index in [0.29, 0.717) is 28.3 Å². The lowest BCUT2D eigenvalue weighted by Crippen LogP contribution is -2.44. The predicted octanol–water partition coefficient (Wildman–Crippen LogP) is 4.95. The Balaban J connectivity index is 2.23. The van der Waals surface area contributed by atoms with Gasteiger partial charge in [-0.25, -0.2) is 4.79 Å². The summed E-state index contributed by atoms with van der Waals surface area (Å²) in [4.78, 5) is 11.6. The van der Waals surface area contributed by atoms with E-state index in [1.165, 1.54) is 0 Å². The number of hydrogen-bond donors (Lipinski definition) is 2. The van der Waals surface area contributed by atoms with Gasteiger partial charge in [0.1, 0.15) is 5.75 Å². The number of carbonyl (C=O) groups is 1. The zero-order valence-electron chi connectivity index (χ0n) is 15.1. The molecule has 1 amide bonds. The fourth-order valence-electron chi connectivity index (χ4n) is 3.18. The Morgan fingerprint density at radius 2 is 1.96 bits per heavy atom. The van der Waals surface area contributed by atoms with Gasteiger partial charge in [-0.15, -0.1) is 0 Å². The van der Waals surface area contributed by atoms with E-state index in [1.807, 2.05) is 36.4 Å². The molecule has 1 atom stereocenters. The van der Waals surface area contributed by atoms with Crippen LogP contribution in [0.2, 0.25) is 0 Å². The molecular formula is C20H19BrN2O4. The van der Waals surface area contributed by atoms with Gasteiger partial charge in [0.15, 0.2) is 5.76 Å². The van der Waals surface area contributed by atoms with E-state index in [4.69, 9.17) is 9.26 Å². The Kier molecular flexibility index (Phi) is 5.23. The maximum atomic E-state index is 11.6. The maximum absolute atomic E-state index is 11.6. The van der Waals surface area contributed by atoms with E-state index in [-0.39, 0.29) is 0 Å². The Morgan fingerprint density at radius 3 is 2.59 bits per heavy atom. The lowest BCUT2D eigenvalue weighted by molar-refractivity contribution is 0.184. The van der Waals surface area contributed by atoms with E-state index in [2.05, 4.69) is 26.4 Å². The fourth-order valence-corrected chi connectivity index (χ4v) is 3.45. The lowest BCUT2D eigenvalue weighted by Gasteiger charge is -2.31. The van der Waals surface area contributed by atoms with Crippen LogP contribution in [0.5, 0.6) is 5.75 Å². The second-order valence-corrected chi connectivity index (χ2v) is 7.18. The summed E-state index contributed by atoms with van der Waals surface area (Å²) in [5.74, 6) is 1.14. The van der Waals surface area contributed by atoms with Crippen molar-refractivity contribution in [2.45, 2.75) is 19.4 Å². The molecule has 0 aliphatic rings. The molecule has 0 spiro atoms. The first-order valence-electron chi connectivity index (χ1n) is 8.23. The number of hydrogen-bond acceptors (Lipinski definition) is 4. The van der Waals surface area contributed by atoms with E-state index < -0.39 is 11.6 Å². The van der Waals surface area contributed by atoms with Gasteiger partial charge in [-0.3, -0.25) is 0 Å². The first kappa shape index (κ1) is 19.0. The number of ether oxygens (including phenoxy) is 1. The van der Waals surface area contributed by atoms with Crippen molar-refractivity contribution in [3.8, 4) is 17.1 Å². The van der Waals surface area contributed by atoms with Crippen molar-refractivity contribution < 1.29 is 19.2 Å². The van der Waals surface area contributed by atoms with Crippen molar-refractivity contribution in [1.82, 2.24) is 10.5 Å². The monoisotopic (exact) mass is 430 g/mol. The number of halogens is 1. The molecule has 0 saturated heterocycles. The van der Waals surface area contributed by atoms with E-state index >= 15 is 0 Å². The van der Waals surface area contributed by atoms with E-state index in [1.54, 1.807) is 33.1 Å². The van der Waals surface area contributed by atoms with Crippen molar-refractivity contribution >= 4 is 22.0 Å². The molecule has 2 N–H and O–H groups in total. The third-order valence-corrected chi connectivity index (χ3v) is 5.00. The molecule has 1 aromatic heterocycles. The van der Waals surface area contributed by atoms with Crippen LogP contribution in [0, 0.1) is 6.92 Å². The van der Waals surface area contributed by atoms with E-state index in [0.717, 1.165) is 10.0 Å². The number of amides is 1. The highest BCUT2D eigenvalue weighted by Gasteiger charge is 2.38. The van der Waals surface area contributed by atoms with Crippen LogP contribution in [0.1, 0.15) is 23.7 Å². The molecule has 7 heteroatoms. The van der Waals surface area contributed by atoms with Gasteiger partial charge in [0.25, 0.3) is 0 Å².